The van der Waals surface area contributed by atoms with Crippen LogP contribution in [0.15, 0.2) is 18.2 Å². The Kier molecular flexibility index (Phi) is 6.40. The van der Waals surface area contributed by atoms with E-state index in [2.05, 4.69) is 6.92 Å². The number of unbranched alkanes of at least 4 members (excludes halogenated alkanes) is 3. The molecule has 0 unspecified atom stereocenters. The van der Waals surface area contributed by atoms with Crippen LogP contribution < -0.4 is 4.90 Å². The van der Waals surface area contributed by atoms with Crippen molar-refractivity contribution >= 4 is 11.6 Å². The van der Waals surface area contributed by atoms with Gasteiger partial charge in [-0.05, 0) is 31.9 Å². The average Bonchev–Trinajstić information content (AvgIpc) is 2.39. The maximum Gasteiger partial charge on any atom is 0.226 e. The van der Waals surface area contributed by atoms with Crippen LogP contribution in [0.2, 0.25) is 0 Å². The first-order chi connectivity index (χ1) is 9.10. The molecule has 0 spiro atoms. The van der Waals surface area contributed by atoms with Crippen LogP contribution >= 0.6 is 0 Å². The Morgan fingerprint density at radius 3 is 2.58 bits per heavy atom. The number of amides is 1. The molecular formula is C16H25NO2. The standard InChI is InChI=1S/C16H25NO2/c1-4-6-7-8-9-16(19)17(5-2)15-12-14(18)11-10-13(15)3/h10-12,18H,4-9H2,1-3H3. The second-order valence-corrected chi connectivity index (χ2v) is 4.92. The Hall–Kier alpha value is -1.51. The molecule has 0 saturated heterocycles. The molecule has 0 aliphatic rings. The number of anilines is 1. The van der Waals surface area contributed by atoms with Crippen molar-refractivity contribution in [2.24, 2.45) is 0 Å². The number of carbonyl (C=O) groups excluding carboxylic acids is 1. The van der Waals surface area contributed by atoms with Gasteiger partial charge in [-0.1, -0.05) is 32.3 Å². The number of phenols is 1. The van der Waals surface area contributed by atoms with E-state index in [0.29, 0.717) is 13.0 Å². The van der Waals surface area contributed by atoms with Gasteiger partial charge in [-0.2, -0.15) is 0 Å². The summed E-state index contributed by atoms with van der Waals surface area (Å²) >= 11 is 0. The molecule has 0 radical (unpaired) electrons. The van der Waals surface area contributed by atoms with Gasteiger partial charge in [0.2, 0.25) is 5.91 Å². The van der Waals surface area contributed by atoms with Crippen LogP contribution in [0.3, 0.4) is 0 Å². The molecule has 1 N–H and O–H groups in total. The molecule has 3 heteroatoms. The molecule has 0 fully saturated rings. The number of aryl methyl sites for hydroxylation is 1. The van der Waals surface area contributed by atoms with E-state index in [4.69, 9.17) is 0 Å². The number of hydrogen-bond acceptors (Lipinski definition) is 2. The van der Waals surface area contributed by atoms with E-state index < -0.39 is 0 Å². The number of carbonyl (C=O) groups is 1. The van der Waals surface area contributed by atoms with Gasteiger partial charge < -0.3 is 10.0 Å². The molecule has 0 heterocycles. The summed E-state index contributed by atoms with van der Waals surface area (Å²) in [4.78, 5) is 14.0. The molecule has 19 heavy (non-hydrogen) atoms. The summed E-state index contributed by atoms with van der Waals surface area (Å²) < 4.78 is 0. The molecule has 0 atom stereocenters. The lowest BCUT2D eigenvalue weighted by Gasteiger charge is -2.23. The highest BCUT2D eigenvalue weighted by atomic mass is 16.3. The van der Waals surface area contributed by atoms with Crippen LogP contribution in [-0.4, -0.2) is 17.6 Å². The molecular weight excluding hydrogens is 238 g/mol. The predicted molar refractivity (Wildman–Crippen MR) is 79.6 cm³/mol. The molecule has 1 rings (SSSR count). The van der Waals surface area contributed by atoms with Gasteiger partial charge in [-0.15, -0.1) is 0 Å². The molecule has 0 saturated carbocycles. The topological polar surface area (TPSA) is 40.5 Å². The third-order valence-corrected chi connectivity index (χ3v) is 3.34. The lowest BCUT2D eigenvalue weighted by atomic mass is 10.1. The van der Waals surface area contributed by atoms with Crippen LogP contribution in [0, 0.1) is 6.92 Å². The summed E-state index contributed by atoms with van der Waals surface area (Å²) in [6.07, 6.45) is 5.00. The summed E-state index contributed by atoms with van der Waals surface area (Å²) in [7, 11) is 0. The molecule has 106 valence electrons. The zero-order valence-corrected chi connectivity index (χ0v) is 12.3. The van der Waals surface area contributed by atoms with Crippen molar-refractivity contribution in [3.63, 3.8) is 0 Å². The SMILES string of the molecule is CCCCCCC(=O)N(CC)c1cc(O)ccc1C. The van der Waals surface area contributed by atoms with Crippen molar-refractivity contribution < 1.29 is 9.90 Å². The fourth-order valence-corrected chi connectivity index (χ4v) is 2.21. The first-order valence-corrected chi connectivity index (χ1v) is 7.20. The van der Waals surface area contributed by atoms with Gasteiger partial charge in [0.25, 0.3) is 0 Å². The van der Waals surface area contributed by atoms with E-state index in [9.17, 15) is 9.90 Å². The van der Waals surface area contributed by atoms with Crippen molar-refractivity contribution in [2.75, 3.05) is 11.4 Å². The summed E-state index contributed by atoms with van der Waals surface area (Å²) in [6, 6.07) is 5.17. The fourth-order valence-electron chi connectivity index (χ4n) is 2.21. The molecule has 1 aromatic rings. The number of benzene rings is 1. The minimum absolute atomic E-state index is 0.146. The second-order valence-electron chi connectivity index (χ2n) is 4.92. The number of rotatable bonds is 7. The monoisotopic (exact) mass is 263 g/mol. The van der Waals surface area contributed by atoms with Crippen molar-refractivity contribution in [1.82, 2.24) is 0 Å². The first kappa shape index (κ1) is 15.5. The lowest BCUT2D eigenvalue weighted by molar-refractivity contribution is -0.118. The minimum Gasteiger partial charge on any atom is -0.508 e. The zero-order chi connectivity index (χ0) is 14.3. The Morgan fingerprint density at radius 2 is 1.95 bits per heavy atom. The van der Waals surface area contributed by atoms with Crippen LogP contribution in [0.4, 0.5) is 5.69 Å². The van der Waals surface area contributed by atoms with Crippen molar-refractivity contribution in [3.8, 4) is 5.75 Å². The molecule has 3 nitrogen and oxygen atoms in total. The number of hydrogen-bond donors (Lipinski definition) is 1. The molecule has 0 aliphatic carbocycles. The van der Waals surface area contributed by atoms with Gasteiger partial charge in [0.05, 0.1) is 5.69 Å². The number of aromatic hydroxyl groups is 1. The Balaban J connectivity index is 2.71. The third kappa shape index (κ3) is 4.58. The maximum absolute atomic E-state index is 12.2. The maximum atomic E-state index is 12.2. The van der Waals surface area contributed by atoms with E-state index in [-0.39, 0.29) is 11.7 Å². The van der Waals surface area contributed by atoms with Crippen molar-refractivity contribution in [1.29, 1.82) is 0 Å². The van der Waals surface area contributed by atoms with E-state index in [1.54, 1.807) is 17.0 Å². The third-order valence-electron chi connectivity index (χ3n) is 3.34. The molecule has 0 bridgehead atoms. The Morgan fingerprint density at radius 1 is 1.21 bits per heavy atom. The van der Waals surface area contributed by atoms with Gasteiger partial charge in [-0.25, -0.2) is 0 Å². The van der Waals surface area contributed by atoms with Gasteiger partial charge in [0.1, 0.15) is 5.75 Å². The van der Waals surface area contributed by atoms with Gasteiger partial charge in [0.15, 0.2) is 0 Å². The zero-order valence-electron chi connectivity index (χ0n) is 12.3. The van der Waals surface area contributed by atoms with E-state index in [0.717, 1.165) is 24.1 Å². The van der Waals surface area contributed by atoms with Gasteiger partial charge in [0, 0.05) is 19.0 Å². The Labute approximate surface area is 116 Å². The van der Waals surface area contributed by atoms with E-state index in [1.807, 2.05) is 19.9 Å². The fraction of sp³-hybridized carbons (Fsp3) is 0.562. The largest absolute Gasteiger partial charge is 0.508 e. The normalized spacial score (nSPS) is 10.5. The first-order valence-electron chi connectivity index (χ1n) is 7.20. The van der Waals surface area contributed by atoms with Gasteiger partial charge >= 0.3 is 0 Å². The lowest BCUT2D eigenvalue weighted by Crippen LogP contribution is -2.30. The predicted octanol–water partition coefficient (Wildman–Crippen LogP) is 4.02. The van der Waals surface area contributed by atoms with Crippen LogP contribution in [-0.2, 0) is 4.79 Å². The Bertz CT molecular complexity index is 415. The summed E-state index contributed by atoms with van der Waals surface area (Å²) in [6.45, 7) is 6.72. The average molecular weight is 263 g/mol. The smallest absolute Gasteiger partial charge is 0.226 e. The van der Waals surface area contributed by atoms with Crippen LogP contribution in [0.5, 0.6) is 5.75 Å². The number of nitrogens with zero attached hydrogens (tertiary/aromatic N) is 1. The van der Waals surface area contributed by atoms with Crippen LogP contribution in [0.25, 0.3) is 0 Å². The number of phenolic OH excluding ortho intramolecular Hbond substituents is 1. The van der Waals surface area contributed by atoms with Gasteiger partial charge in [-0.3, -0.25) is 4.79 Å². The second kappa shape index (κ2) is 7.82. The highest BCUT2D eigenvalue weighted by Gasteiger charge is 2.15. The minimum atomic E-state index is 0.146. The quantitative estimate of drug-likeness (QED) is 0.755. The highest BCUT2D eigenvalue weighted by molar-refractivity contribution is 5.94. The molecule has 1 aromatic carbocycles. The highest BCUT2D eigenvalue weighted by Crippen LogP contribution is 2.25. The van der Waals surface area contributed by atoms with E-state index >= 15 is 0 Å². The molecule has 0 aromatic heterocycles. The summed E-state index contributed by atoms with van der Waals surface area (Å²) in [5, 5.41) is 9.57. The van der Waals surface area contributed by atoms with Crippen LogP contribution in [0.1, 0.15) is 51.5 Å². The summed E-state index contributed by atoms with van der Waals surface area (Å²) in [5.41, 5.74) is 1.84. The van der Waals surface area contributed by atoms with Crippen molar-refractivity contribution in [3.05, 3.63) is 23.8 Å². The molecule has 0 aliphatic heterocycles. The van der Waals surface area contributed by atoms with Crippen molar-refractivity contribution in [2.45, 2.75) is 52.9 Å². The summed E-state index contributed by atoms with van der Waals surface area (Å²) in [5.74, 6) is 0.352. The van der Waals surface area contributed by atoms with E-state index in [1.165, 1.54) is 12.8 Å². The molecule has 1 amide bonds.